The van der Waals surface area contributed by atoms with Crippen molar-refractivity contribution in [3.63, 3.8) is 0 Å². The summed E-state index contributed by atoms with van der Waals surface area (Å²) >= 11 is 0. The molecule has 0 radical (unpaired) electrons. The van der Waals surface area contributed by atoms with Gasteiger partial charge in [0.05, 0.1) is 6.10 Å². The van der Waals surface area contributed by atoms with Gasteiger partial charge in [-0.2, -0.15) is 0 Å². The molecule has 4 aliphatic rings. The first-order valence-corrected chi connectivity index (χ1v) is 11.6. The Bertz CT molecular complexity index is 826. The molecule has 4 aliphatic carbocycles. The van der Waals surface area contributed by atoms with Gasteiger partial charge in [-0.15, -0.1) is 0 Å². The molecule has 3 saturated carbocycles. The van der Waals surface area contributed by atoms with E-state index in [4.69, 9.17) is 0 Å². The van der Waals surface area contributed by atoms with Crippen LogP contribution in [0.2, 0.25) is 0 Å². The van der Waals surface area contributed by atoms with E-state index in [2.05, 4.69) is 50.2 Å². The molecular weight excluding hydrogens is 358 g/mol. The number of hydrogen-bond donors (Lipinski definition) is 1. The maximum absolute atomic E-state index is 12.1. The lowest BCUT2D eigenvalue weighted by Gasteiger charge is -2.57. The van der Waals surface area contributed by atoms with Crippen LogP contribution in [0, 0.1) is 29.1 Å². The Morgan fingerprint density at radius 1 is 1.00 bits per heavy atom. The van der Waals surface area contributed by atoms with Crippen LogP contribution in [-0.4, -0.2) is 31.1 Å². The average Bonchev–Trinajstić information content (AvgIpc) is 3.01. The fraction of sp³-hybridized carbons (Fsp3) is 0.654. The Morgan fingerprint density at radius 2 is 1.76 bits per heavy atom. The minimum atomic E-state index is -0.165. The van der Waals surface area contributed by atoms with Crippen molar-refractivity contribution in [2.24, 2.45) is 29.1 Å². The number of rotatable bonds is 2. The predicted molar refractivity (Wildman–Crippen MR) is 117 cm³/mol. The van der Waals surface area contributed by atoms with Crippen molar-refractivity contribution in [1.29, 1.82) is 0 Å². The van der Waals surface area contributed by atoms with Gasteiger partial charge in [-0.1, -0.05) is 24.6 Å². The second-order valence-corrected chi connectivity index (χ2v) is 10.6. The number of carbonyl (C=O) groups is 1. The first-order chi connectivity index (χ1) is 13.9. The van der Waals surface area contributed by atoms with Gasteiger partial charge in [0.1, 0.15) is 0 Å². The van der Waals surface area contributed by atoms with E-state index in [1.807, 2.05) is 6.08 Å². The Balaban J connectivity index is 1.57. The maximum Gasteiger partial charge on any atom is 0.155 e. The van der Waals surface area contributed by atoms with Gasteiger partial charge >= 0.3 is 0 Å². The van der Waals surface area contributed by atoms with Gasteiger partial charge in [0.25, 0.3) is 0 Å². The molecule has 0 amide bonds. The number of aliphatic hydroxyl groups is 1. The van der Waals surface area contributed by atoms with E-state index < -0.39 is 0 Å². The molecule has 3 heteroatoms. The summed E-state index contributed by atoms with van der Waals surface area (Å²) in [5.41, 5.74) is 4.14. The molecule has 1 aromatic carbocycles. The first kappa shape index (κ1) is 19.4. The number of aliphatic hydroxyl groups excluding tert-OH is 1. The minimum absolute atomic E-state index is 0.0394. The van der Waals surface area contributed by atoms with E-state index in [-0.39, 0.29) is 11.5 Å². The second-order valence-electron chi connectivity index (χ2n) is 10.6. The number of carbonyl (C=O) groups excluding carboxylic acids is 1. The number of ketones is 1. The summed E-state index contributed by atoms with van der Waals surface area (Å²) in [5, 5.41) is 11.0. The van der Waals surface area contributed by atoms with Gasteiger partial charge in [0.15, 0.2) is 5.78 Å². The molecule has 0 spiro atoms. The molecule has 0 aromatic heterocycles. The minimum Gasteiger partial charge on any atom is -0.393 e. The zero-order valence-electron chi connectivity index (χ0n) is 18.1. The SMILES string of the molecule is CN(C)c1ccc([C@H]2C[C@]3(C)[C@@H](O)CC[C@H]3[C@@H]3CCC4=CC(=O)CC[C@@H]4[C@H]32)cc1. The van der Waals surface area contributed by atoms with E-state index in [9.17, 15) is 9.90 Å². The summed E-state index contributed by atoms with van der Waals surface area (Å²) < 4.78 is 0. The lowest BCUT2D eigenvalue weighted by atomic mass is 9.48. The van der Waals surface area contributed by atoms with E-state index in [1.165, 1.54) is 29.7 Å². The van der Waals surface area contributed by atoms with Gasteiger partial charge < -0.3 is 10.0 Å². The van der Waals surface area contributed by atoms with Crippen molar-refractivity contribution in [3.05, 3.63) is 41.5 Å². The number of fused-ring (bicyclic) bond motifs is 5. The molecule has 156 valence electrons. The molecule has 0 unspecified atom stereocenters. The van der Waals surface area contributed by atoms with Crippen molar-refractivity contribution in [1.82, 2.24) is 0 Å². The Labute approximate surface area is 175 Å². The molecule has 0 aliphatic heterocycles. The molecule has 3 nitrogen and oxygen atoms in total. The van der Waals surface area contributed by atoms with Crippen LogP contribution in [-0.2, 0) is 4.79 Å². The zero-order valence-corrected chi connectivity index (χ0v) is 18.1. The lowest BCUT2D eigenvalue weighted by Crippen LogP contribution is -2.50. The summed E-state index contributed by atoms with van der Waals surface area (Å²) in [6.07, 6.45) is 9.08. The summed E-state index contributed by atoms with van der Waals surface area (Å²) in [6, 6.07) is 9.14. The van der Waals surface area contributed by atoms with Crippen LogP contribution in [0.3, 0.4) is 0 Å². The van der Waals surface area contributed by atoms with Crippen molar-refractivity contribution < 1.29 is 9.90 Å². The van der Waals surface area contributed by atoms with Gasteiger partial charge in [-0.05, 0) is 97.3 Å². The zero-order chi connectivity index (χ0) is 20.3. The van der Waals surface area contributed by atoms with E-state index in [1.54, 1.807) is 0 Å². The van der Waals surface area contributed by atoms with Crippen molar-refractivity contribution in [2.75, 3.05) is 19.0 Å². The topological polar surface area (TPSA) is 40.5 Å². The highest BCUT2D eigenvalue weighted by Gasteiger charge is 2.59. The molecule has 7 atom stereocenters. The van der Waals surface area contributed by atoms with Crippen LogP contribution in [0.15, 0.2) is 35.9 Å². The number of nitrogens with zero attached hydrogens (tertiary/aromatic N) is 1. The van der Waals surface area contributed by atoms with Crippen molar-refractivity contribution in [3.8, 4) is 0 Å². The molecule has 1 aromatic rings. The van der Waals surface area contributed by atoms with E-state index in [0.717, 1.165) is 25.7 Å². The molecular formula is C26H35NO2. The lowest BCUT2D eigenvalue weighted by molar-refractivity contribution is -0.116. The molecule has 0 bridgehead atoms. The average molecular weight is 394 g/mol. The van der Waals surface area contributed by atoms with Crippen LogP contribution >= 0.6 is 0 Å². The van der Waals surface area contributed by atoms with Crippen molar-refractivity contribution in [2.45, 2.75) is 63.9 Å². The fourth-order valence-electron chi connectivity index (χ4n) is 7.64. The third-order valence-electron chi connectivity index (χ3n) is 9.09. The fourth-order valence-corrected chi connectivity index (χ4v) is 7.64. The molecule has 3 fully saturated rings. The molecule has 29 heavy (non-hydrogen) atoms. The standard InChI is InChI=1S/C26H35NO2/c1-26-15-22(16-4-7-18(8-5-16)27(2)3)25-20-11-9-19(28)14-17(20)6-10-21(25)23(26)12-13-24(26)29/h4-5,7-8,14,20-25,29H,6,9-13,15H2,1-3H3/t20-,21-,22+,23-,24-,25+,26-/m0/s1. The van der Waals surface area contributed by atoms with Crippen LogP contribution in [0.25, 0.3) is 0 Å². The highest BCUT2D eigenvalue weighted by Crippen LogP contribution is 2.65. The normalized spacial score (nSPS) is 41.2. The number of benzene rings is 1. The van der Waals surface area contributed by atoms with Gasteiger partial charge in [0.2, 0.25) is 0 Å². The third kappa shape index (κ3) is 3.00. The molecule has 5 rings (SSSR count). The second kappa shape index (κ2) is 6.97. The van der Waals surface area contributed by atoms with Crippen LogP contribution in [0.1, 0.15) is 63.4 Å². The van der Waals surface area contributed by atoms with E-state index in [0.29, 0.717) is 41.8 Å². The Hall–Kier alpha value is -1.61. The summed E-state index contributed by atoms with van der Waals surface area (Å²) in [6.45, 7) is 2.36. The monoisotopic (exact) mass is 393 g/mol. The van der Waals surface area contributed by atoms with Gasteiger partial charge in [0, 0.05) is 26.2 Å². The first-order valence-electron chi connectivity index (χ1n) is 11.6. The maximum atomic E-state index is 12.1. The van der Waals surface area contributed by atoms with E-state index >= 15 is 0 Å². The number of hydrogen-bond acceptors (Lipinski definition) is 3. The summed E-state index contributed by atoms with van der Waals surface area (Å²) in [7, 11) is 4.17. The molecule has 0 saturated heterocycles. The van der Waals surface area contributed by atoms with Gasteiger partial charge in [-0.25, -0.2) is 0 Å². The largest absolute Gasteiger partial charge is 0.393 e. The number of anilines is 1. The Morgan fingerprint density at radius 3 is 2.48 bits per heavy atom. The van der Waals surface area contributed by atoms with Crippen LogP contribution < -0.4 is 4.90 Å². The highest BCUT2D eigenvalue weighted by atomic mass is 16.3. The summed E-state index contributed by atoms with van der Waals surface area (Å²) in [5.74, 6) is 3.31. The number of allylic oxidation sites excluding steroid dienone is 1. The summed E-state index contributed by atoms with van der Waals surface area (Å²) in [4.78, 5) is 14.2. The molecule has 1 N–H and O–H groups in total. The van der Waals surface area contributed by atoms with Gasteiger partial charge in [-0.3, -0.25) is 4.79 Å². The Kier molecular flexibility index (Phi) is 4.66. The third-order valence-corrected chi connectivity index (χ3v) is 9.09. The quantitative estimate of drug-likeness (QED) is 0.773. The highest BCUT2D eigenvalue weighted by molar-refractivity contribution is 5.91. The van der Waals surface area contributed by atoms with Crippen molar-refractivity contribution >= 4 is 11.5 Å². The smallest absolute Gasteiger partial charge is 0.155 e. The molecule has 0 heterocycles. The van der Waals surface area contributed by atoms with Crippen LogP contribution in [0.5, 0.6) is 0 Å². The predicted octanol–water partition coefficient (Wildman–Crippen LogP) is 4.95. The van der Waals surface area contributed by atoms with Crippen LogP contribution in [0.4, 0.5) is 5.69 Å².